The number of piperazine rings is 1. The highest BCUT2D eigenvalue weighted by molar-refractivity contribution is 7.09. The molecule has 1 N–H and O–H groups in total. The summed E-state index contributed by atoms with van der Waals surface area (Å²) >= 11 is 1.70. The number of rotatable bonds is 4. The molecule has 3 rings (SSSR count). The molecule has 1 aliphatic heterocycles. The highest BCUT2D eigenvalue weighted by Crippen LogP contribution is 2.35. The third kappa shape index (κ3) is 2.46. The molecule has 1 aromatic rings. The van der Waals surface area contributed by atoms with E-state index in [2.05, 4.69) is 11.4 Å². The van der Waals surface area contributed by atoms with Crippen LogP contribution in [0.5, 0.6) is 0 Å². The van der Waals surface area contributed by atoms with Gasteiger partial charge in [0.2, 0.25) is 11.8 Å². The SMILES string of the molecule is CC(Cc1cccs1)N1C(=O)C(C2CC2)NC(=O)C1C. The van der Waals surface area contributed by atoms with E-state index in [1.165, 1.54) is 4.88 Å². The smallest absolute Gasteiger partial charge is 0.246 e. The predicted molar refractivity (Wildman–Crippen MR) is 78.4 cm³/mol. The van der Waals surface area contributed by atoms with Crippen LogP contribution in [-0.4, -0.2) is 34.8 Å². The molecule has 0 spiro atoms. The van der Waals surface area contributed by atoms with Gasteiger partial charge in [0.05, 0.1) is 0 Å². The first-order valence-electron chi connectivity index (χ1n) is 7.23. The molecular weight excluding hydrogens is 272 g/mol. The van der Waals surface area contributed by atoms with Crippen LogP contribution in [0, 0.1) is 5.92 Å². The number of hydrogen-bond donors (Lipinski definition) is 1. The third-order valence-electron chi connectivity index (χ3n) is 4.26. The van der Waals surface area contributed by atoms with E-state index in [1.807, 2.05) is 25.3 Å². The Kier molecular flexibility index (Phi) is 3.54. The summed E-state index contributed by atoms with van der Waals surface area (Å²) in [5.74, 6) is 0.443. The third-order valence-corrected chi connectivity index (χ3v) is 5.16. The number of amides is 2. The van der Waals surface area contributed by atoms with E-state index in [4.69, 9.17) is 0 Å². The van der Waals surface area contributed by atoms with Crippen molar-refractivity contribution in [2.24, 2.45) is 5.92 Å². The van der Waals surface area contributed by atoms with Crippen LogP contribution in [0.25, 0.3) is 0 Å². The van der Waals surface area contributed by atoms with Gasteiger partial charge in [-0.25, -0.2) is 0 Å². The van der Waals surface area contributed by atoms with Crippen molar-refractivity contribution in [2.45, 2.75) is 51.2 Å². The Morgan fingerprint density at radius 3 is 2.80 bits per heavy atom. The predicted octanol–water partition coefficient (Wildman–Crippen LogP) is 1.80. The van der Waals surface area contributed by atoms with Crippen molar-refractivity contribution < 1.29 is 9.59 Å². The molecule has 0 radical (unpaired) electrons. The lowest BCUT2D eigenvalue weighted by Gasteiger charge is -2.41. The lowest BCUT2D eigenvalue weighted by atomic mass is 10.0. The summed E-state index contributed by atoms with van der Waals surface area (Å²) in [6.45, 7) is 3.86. The monoisotopic (exact) mass is 292 g/mol. The van der Waals surface area contributed by atoms with Gasteiger partial charge < -0.3 is 10.2 Å². The van der Waals surface area contributed by atoms with Crippen molar-refractivity contribution in [1.29, 1.82) is 0 Å². The first kappa shape index (κ1) is 13.6. The molecule has 5 heteroatoms. The molecule has 1 saturated heterocycles. The fourth-order valence-corrected chi connectivity index (χ4v) is 3.81. The quantitative estimate of drug-likeness (QED) is 0.920. The van der Waals surface area contributed by atoms with Crippen LogP contribution in [0.1, 0.15) is 31.6 Å². The normalized spacial score (nSPS) is 28.4. The molecule has 0 aromatic carbocycles. The maximum Gasteiger partial charge on any atom is 0.246 e. The summed E-state index contributed by atoms with van der Waals surface area (Å²) < 4.78 is 0. The average Bonchev–Trinajstić information content (AvgIpc) is 3.12. The lowest BCUT2D eigenvalue weighted by molar-refractivity contribution is -0.151. The first-order valence-corrected chi connectivity index (χ1v) is 8.11. The molecule has 1 aromatic heterocycles. The van der Waals surface area contributed by atoms with Gasteiger partial charge in [0.15, 0.2) is 0 Å². The number of hydrogen-bond acceptors (Lipinski definition) is 3. The Balaban J connectivity index is 1.77. The van der Waals surface area contributed by atoms with Gasteiger partial charge in [-0.05, 0) is 44.1 Å². The first-order chi connectivity index (χ1) is 9.58. The van der Waals surface area contributed by atoms with Gasteiger partial charge in [-0.15, -0.1) is 11.3 Å². The number of nitrogens with one attached hydrogen (secondary N) is 1. The van der Waals surface area contributed by atoms with E-state index >= 15 is 0 Å². The fraction of sp³-hybridized carbons (Fsp3) is 0.600. The molecule has 2 amide bonds. The summed E-state index contributed by atoms with van der Waals surface area (Å²) in [4.78, 5) is 27.8. The van der Waals surface area contributed by atoms with Crippen LogP contribution in [0.4, 0.5) is 0 Å². The molecule has 1 saturated carbocycles. The molecule has 2 aliphatic rings. The second-order valence-corrected chi connectivity index (χ2v) is 6.91. The summed E-state index contributed by atoms with van der Waals surface area (Å²) in [5, 5.41) is 4.94. The van der Waals surface area contributed by atoms with Crippen LogP contribution in [0.3, 0.4) is 0 Å². The molecule has 4 nitrogen and oxygen atoms in total. The molecule has 1 aliphatic carbocycles. The number of thiophene rings is 1. The second kappa shape index (κ2) is 5.20. The minimum absolute atomic E-state index is 0.0143. The van der Waals surface area contributed by atoms with Gasteiger partial charge in [-0.3, -0.25) is 9.59 Å². The van der Waals surface area contributed by atoms with E-state index in [1.54, 1.807) is 16.2 Å². The Labute approximate surface area is 123 Å². The average molecular weight is 292 g/mol. The zero-order chi connectivity index (χ0) is 14.3. The van der Waals surface area contributed by atoms with Gasteiger partial charge in [0.25, 0.3) is 0 Å². The molecule has 20 heavy (non-hydrogen) atoms. The second-order valence-electron chi connectivity index (χ2n) is 5.88. The van der Waals surface area contributed by atoms with Crippen LogP contribution in [0.15, 0.2) is 17.5 Å². The van der Waals surface area contributed by atoms with E-state index in [0.29, 0.717) is 5.92 Å². The zero-order valence-electron chi connectivity index (χ0n) is 11.8. The van der Waals surface area contributed by atoms with Crippen molar-refractivity contribution in [2.75, 3.05) is 0 Å². The summed E-state index contributed by atoms with van der Waals surface area (Å²) in [7, 11) is 0. The zero-order valence-corrected chi connectivity index (χ0v) is 12.7. The van der Waals surface area contributed by atoms with E-state index in [-0.39, 0.29) is 29.9 Å². The Morgan fingerprint density at radius 2 is 2.20 bits per heavy atom. The van der Waals surface area contributed by atoms with Gasteiger partial charge in [-0.1, -0.05) is 6.07 Å². The van der Waals surface area contributed by atoms with Gasteiger partial charge in [0, 0.05) is 17.3 Å². The molecule has 108 valence electrons. The Bertz CT molecular complexity index is 510. The summed E-state index contributed by atoms with van der Waals surface area (Å²) in [6, 6.07) is 3.51. The minimum atomic E-state index is -0.368. The van der Waals surface area contributed by atoms with E-state index in [9.17, 15) is 9.59 Å². The Hall–Kier alpha value is -1.36. The van der Waals surface area contributed by atoms with Gasteiger partial charge >= 0.3 is 0 Å². The van der Waals surface area contributed by atoms with Crippen LogP contribution >= 0.6 is 11.3 Å². The molecule has 2 fully saturated rings. The van der Waals surface area contributed by atoms with E-state index < -0.39 is 0 Å². The molecule has 0 bridgehead atoms. The molecule has 2 heterocycles. The molecular formula is C15H20N2O2S. The largest absolute Gasteiger partial charge is 0.342 e. The van der Waals surface area contributed by atoms with Crippen molar-refractivity contribution in [3.63, 3.8) is 0 Å². The summed E-state index contributed by atoms with van der Waals surface area (Å²) in [5.41, 5.74) is 0. The molecule has 3 unspecified atom stereocenters. The van der Waals surface area contributed by atoms with Crippen molar-refractivity contribution >= 4 is 23.2 Å². The van der Waals surface area contributed by atoms with Crippen LogP contribution in [0.2, 0.25) is 0 Å². The number of carbonyl (C=O) groups excluding carboxylic acids is 2. The Morgan fingerprint density at radius 1 is 1.45 bits per heavy atom. The molecule has 3 atom stereocenters. The number of carbonyl (C=O) groups is 2. The highest BCUT2D eigenvalue weighted by atomic mass is 32.1. The van der Waals surface area contributed by atoms with Crippen LogP contribution in [-0.2, 0) is 16.0 Å². The standard InChI is InChI=1S/C15H20N2O2S/c1-9(8-12-4-3-7-20-12)17-10(2)14(18)16-13(15(17)19)11-5-6-11/h3-4,7,9-11,13H,5-6,8H2,1-2H3,(H,16,18). The van der Waals surface area contributed by atoms with Crippen LogP contribution < -0.4 is 5.32 Å². The fourth-order valence-electron chi connectivity index (χ4n) is 2.98. The maximum atomic E-state index is 12.6. The lowest BCUT2D eigenvalue weighted by Crippen LogP contribution is -2.65. The topological polar surface area (TPSA) is 49.4 Å². The summed E-state index contributed by atoms with van der Waals surface area (Å²) in [6.07, 6.45) is 2.93. The highest BCUT2D eigenvalue weighted by Gasteiger charge is 2.46. The number of nitrogens with zero attached hydrogens (tertiary/aromatic N) is 1. The van der Waals surface area contributed by atoms with Gasteiger partial charge in [0.1, 0.15) is 12.1 Å². The van der Waals surface area contributed by atoms with Crippen molar-refractivity contribution in [1.82, 2.24) is 10.2 Å². The minimum Gasteiger partial charge on any atom is -0.342 e. The maximum absolute atomic E-state index is 12.6. The van der Waals surface area contributed by atoms with E-state index in [0.717, 1.165) is 19.3 Å². The van der Waals surface area contributed by atoms with Crippen molar-refractivity contribution in [3.8, 4) is 0 Å². The van der Waals surface area contributed by atoms with Gasteiger partial charge in [-0.2, -0.15) is 0 Å². The van der Waals surface area contributed by atoms with Crippen molar-refractivity contribution in [3.05, 3.63) is 22.4 Å².